The number of benzene rings is 1. The van der Waals surface area contributed by atoms with Crippen LogP contribution in [0.25, 0.3) is 0 Å². The zero-order valence-corrected chi connectivity index (χ0v) is 12.3. The Labute approximate surface area is 115 Å². The smallest absolute Gasteiger partial charge is 0.414 e. The second-order valence-electron chi connectivity index (χ2n) is 4.56. The molecule has 0 aromatic heterocycles. The lowest BCUT2D eigenvalue weighted by molar-refractivity contribution is -0.00000867. The maximum atomic E-state index is 11.6. The summed E-state index contributed by atoms with van der Waals surface area (Å²) >= 11 is 0. The molecule has 5 heteroatoms. The van der Waals surface area contributed by atoms with Crippen LogP contribution >= 0.6 is 0 Å². The predicted octanol–water partition coefficient (Wildman–Crippen LogP) is -0.879. The van der Waals surface area contributed by atoms with E-state index in [0.29, 0.717) is 5.75 Å². The number of amides is 1. The van der Waals surface area contributed by atoms with E-state index in [1.807, 2.05) is 44.1 Å². The SMILES string of the molecule is Cc1cccc(CN(C)C)c1OC(=O)N(C)C.[Cl-]. The van der Waals surface area contributed by atoms with Crippen LogP contribution in [0.2, 0.25) is 0 Å². The molecular formula is C13H20ClN2O2-. The number of carbonyl (C=O) groups excluding carboxylic acids is 1. The van der Waals surface area contributed by atoms with Crippen molar-refractivity contribution in [3.8, 4) is 5.75 Å². The van der Waals surface area contributed by atoms with Crippen LogP contribution in [0.4, 0.5) is 4.79 Å². The van der Waals surface area contributed by atoms with Gasteiger partial charge in [-0.1, -0.05) is 18.2 Å². The van der Waals surface area contributed by atoms with Crippen molar-refractivity contribution >= 4 is 6.09 Å². The van der Waals surface area contributed by atoms with Crippen molar-refractivity contribution < 1.29 is 21.9 Å². The molecule has 0 saturated carbocycles. The summed E-state index contributed by atoms with van der Waals surface area (Å²) in [7, 11) is 7.32. The van der Waals surface area contributed by atoms with E-state index in [0.717, 1.165) is 17.7 Å². The van der Waals surface area contributed by atoms with Crippen molar-refractivity contribution in [3.05, 3.63) is 29.3 Å². The van der Waals surface area contributed by atoms with Crippen molar-refractivity contribution in [3.63, 3.8) is 0 Å². The van der Waals surface area contributed by atoms with E-state index in [4.69, 9.17) is 4.74 Å². The van der Waals surface area contributed by atoms with Gasteiger partial charge < -0.3 is 26.9 Å². The fraction of sp³-hybridized carbons (Fsp3) is 0.462. The number of para-hydroxylation sites is 1. The average Bonchev–Trinajstić information content (AvgIpc) is 2.22. The molecule has 0 bridgehead atoms. The lowest BCUT2D eigenvalue weighted by Crippen LogP contribution is -3.00. The van der Waals surface area contributed by atoms with E-state index < -0.39 is 0 Å². The number of hydrogen-bond acceptors (Lipinski definition) is 3. The summed E-state index contributed by atoms with van der Waals surface area (Å²) in [6.45, 7) is 2.69. The Hall–Kier alpha value is -1.26. The predicted molar refractivity (Wildman–Crippen MR) is 68.3 cm³/mol. The van der Waals surface area contributed by atoms with Crippen LogP contribution in [-0.2, 0) is 6.54 Å². The van der Waals surface area contributed by atoms with Crippen LogP contribution in [0.3, 0.4) is 0 Å². The third kappa shape index (κ3) is 4.55. The summed E-state index contributed by atoms with van der Waals surface area (Å²) < 4.78 is 5.40. The molecule has 1 aromatic carbocycles. The van der Waals surface area contributed by atoms with Gasteiger partial charge in [-0.15, -0.1) is 0 Å². The van der Waals surface area contributed by atoms with Crippen LogP contribution in [0.15, 0.2) is 18.2 Å². The molecule has 0 unspecified atom stereocenters. The molecule has 18 heavy (non-hydrogen) atoms. The molecule has 0 spiro atoms. The Morgan fingerprint density at radius 3 is 2.33 bits per heavy atom. The topological polar surface area (TPSA) is 32.8 Å². The minimum absolute atomic E-state index is 0. The summed E-state index contributed by atoms with van der Waals surface area (Å²) in [5.41, 5.74) is 1.99. The second-order valence-corrected chi connectivity index (χ2v) is 4.56. The van der Waals surface area contributed by atoms with Crippen molar-refractivity contribution in [2.45, 2.75) is 13.5 Å². The second kappa shape index (κ2) is 7.24. The van der Waals surface area contributed by atoms with E-state index in [1.165, 1.54) is 4.90 Å². The fourth-order valence-corrected chi connectivity index (χ4v) is 1.50. The first kappa shape index (κ1) is 16.7. The summed E-state index contributed by atoms with van der Waals surface area (Å²) in [5, 5.41) is 0. The largest absolute Gasteiger partial charge is 1.00 e. The number of nitrogens with zero attached hydrogens (tertiary/aromatic N) is 2. The van der Waals surface area contributed by atoms with Gasteiger partial charge in [0.15, 0.2) is 0 Å². The molecule has 1 aromatic rings. The highest BCUT2D eigenvalue weighted by Crippen LogP contribution is 2.24. The summed E-state index contributed by atoms with van der Waals surface area (Å²) in [6, 6.07) is 5.89. The molecule has 4 nitrogen and oxygen atoms in total. The molecule has 0 saturated heterocycles. The molecular weight excluding hydrogens is 252 g/mol. The van der Waals surface area contributed by atoms with Crippen molar-refractivity contribution in [1.82, 2.24) is 9.80 Å². The minimum atomic E-state index is -0.348. The Morgan fingerprint density at radius 2 is 1.83 bits per heavy atom. The van der Waals surface area contributed by atoms with Crippen LogP contribution in [0, 0.1) is 6.92 Å². The summed E-state index contributed by atoms with van der Waals surface area (Å²) in [4.78, 5) is 15.1. The van der Waals surface area contributed by atoms with Gasteiger partial charge in [0.2, 0.25) is 0 Å². The highest BCUT2D eigenvalue weighted by Gasteiger charge is 2.13. The number of aryl methyl sites for hydroxylation is 1. The highest BCUT2D eigenvalue weighted by atomic mass is 35.5. The molecule has 1 rings (SSSR count). The zero-order valence-electron chi connectivity index (χ0n) is 11.5. The van der Waals surface area contributed by atoms with Gasteiger partial charge in [0.05, 0.1) is 0 Å². The number of carbonyl (C=O) groups is 1. The van der Waals surface area contributed by atoms with Gasteiger partial charge >= 0.3 is 6.09 Å². The first-order chi connectivity index (χ1) is 7.91. The number of ether oxygens (including phenoxy) is 1. The summed E-state index contributed by atoms with van der Waals surface area (Å²) in [6.07, 6.45) is -0.348. The van der Waals surface area contributed by atoms with Gasteiger partial charge in [-0.3, -0.25) is 0 Å². The van der Waals surface area contributed by atoms with Crippen molar-refractivity contribution in [2.75, 3.05) is 28.2 Å². The van der Waals surface area contributed by atoms with Gasteiger partial charge in [0.1, 0.15) is 5.75 Å². The van der Waals surface area contributed by atoms with Crippen LogP contribution in [0.5, 0.6) is 5.75 Å². The molecule has 102 valence electrons. The van der Waals surface area contributed by atoms with Gasteiger partial charge in [-0.25, -0.2) is 4.79 Å². The van der Waals surface area contributed by atoms with E-state index in [1.54, 1.807) is 14.1 Å². The molecule has 0 radical (unpaired) electrons. The molecule has 0 fully saturated rings. The molecule has 0 atom stereocenters. The Balaban J connectivity index is 0.00000289. The Bertz CT molecular complexity index is 406. The van der Waals surface area contributed by atoms with Gasteiger partial charge in [-0.2, -0.15) is 0 Å². The van der Waals surface area contributed by atoms with Crippen LogP contribution in [0.1, 0.15) is 11.1 Å². The van der Waals surface area contributed by atoms with Gasteiger partial charge in [0, 0.05) is 26.2 Å². The van der Waals surface area contributed by atoms with Gasteiger partial charge in [-0.05, 0) is 26.6 Å². The van der Waals surface area contributed by atoms with E-state index in [9.17, 15) is 4.79 Å². The maximum absolute atomic E-state index is 11.6. The van der Waals surface area contributed by atoms with E-state index >= 15 is 0 Å². The lowest BCUT2D eigenvalue weighted by Gasteiger charge is -2.17. The lowest BCUT2D eigenvalue weighted by atomic mass is 10.1. The molecule has 0 aliphatic carbocycles. The van der Waals surface area contributed by atoms with Crippen LogP contribution in [-0.4, -0.2) is 44.1 Å². The average molecular weight is 272 g/mol. The maximum Gasteiger partial charge on any atom is 0.414 e. The quantitative estimate of drug-likeness (QED) is 0.716. The van der Waals surface area contributed by atoms with E-state index in [2.05, 4.69) is 0 Å². The fourth-order valence-electron chi connectivity index (χ4n) is 1.50. The zero-order chi connectivity index (χ0) is 13.0. The number of rotatable bonds is 3. The number of hydrogen-bond donors (Lipinski definition) is 0. The van der Waals surface area contributed by atoms with Crippen molar-refractivity contribution in [2.24, 2.45) is 0 Å². The molecule has 0 N–H and O–H groups in total. The highest BCUT2D eigenvalue weighted by molar-refractivity contribution is 5.71. The standard InChI is InChI=1S/C13H20N2O2.ClH/c1-10-7-6-8-11(9-14(2)3)12(10)17-13(16)15(4)5;/h6-8H,9H2,1-5H3;1H/p-1. The van der Waals surface area contributed by atoms with Crippen molar-refractivity contribution in [1.29, 1.82) is 0 Å². The third-order valence-electron chi connectivity index (χ3n) is 2.33. The molecule has 0 heterocycles. The van der Waals surface area contributed by atoms with Gasteiger partial charge in [0.25, 0.3) is 0 Å². The monoisotopic (exact) mass is 271 g/mol. The first-order valence-corrected chi connectivity index (χ1v) is 5.54. The Kier molecular flexibility index (Phi) is 6.73. The van der Waals surface area contributed by atoms with Crippen LogP contribution < -0.4 is 17.1 Å². The summed E-state index contributed by atoms with van der Waals surface area (Å²) in [5.74, 6) is 0.667. The molecule has 0 aliphatic rings. The third-order valence-corrected chi connectivity index (χ3v) is 2.33. The number of halogens is 1. The Morgan fingerprint density at radius 1 is 1.22 bits per heavy atom. The first-order valence-electron chi connectivity index (χ1n) is 5.54. The molecule has 1 amide bonds. The molecule has 0 aliphatic heterocycles. The van der Waals surface area contributed by atoms with E-state index in [-0.39, 0.29) is 18.5 Å². The minimum Gasteiger partial charge on any atom is -1.00 e. The normalized spacial score (nSPS) is 9.89.